The van der Waals surface area contributed by atoms with Crippen LogP contribution >= 0.6 is 0 Å². The lowest BCUT2D eigenvalue weighted by Crippen LogP contribution is -2.45. The molecule has 1 amide bonds. The minimum absolute atomic E-state index is 0.180. The maximum absolute atomic E-state index is 13.5. The average molecular weight is 429 g/mol. The summed E-state index contributed by atoms with van der Waals surface area (Å²) in [5, 5.41) is 0. The molecule has 2 rings (SSSR count). The third-order valence-corrected chi connectivity index (χ3v) is 5.52. The van der Waals surface area contributed by atoms with E-state index in [0.717, 1.165) is 25.9 Å². The van der Waals surface area contributed by atoms with Crippen molar-refractivity contribution in [3.05, 3.63) is 46.8 Å². The fraction of sp³-hybridized carbons (Fsp3) is 0.542. The van der Waals surface area contributed by atoms with Gasteiger partial charge in [-0.3, -0.25) is 19.3 Å². The summed E-state index contributed by atoms with van der Waals surface area (Å²) in [5.74, 6) is -0.642. The SMILES string of the molecule is CCCCN(C)C1=C(N(CC)C(=O)CN(C)CCN(C)C)C(=O)c2ccccc2C1=O. The second-order valence-electron chi connectivity index (χ2n) is 8.36. The van der Waals surface area contributed by atoms with Gasteiger partial charge >= 0.3 is 0 Å². The number of nitrogens with zero attached hydrogens (tertiary/aromatic N) is 4. The van der Waals surface area contributed by atoms with Crippen molar-refractivity contribution in [3.8, 4) is 0 Å². The van der Waals surface area contributed by atoms with E-state index in [9.17, 15) is 14.4 Å². The molecular weight excluding hydrogens is 392 g/mol. The normalized spacial score (nSPS) is 13.8. The van der Waals surface area contributed by atoms with E-state index in [1.54, 1.807) is 24.3 Å². The number of Topliss-reactive ketones (excluding diaryl/α,β-unsaturated/α-hetero) is 2. The molecule has 0 N–H and O–H groups in total. The largest absolute Gasteiger partial charge is 0.370 e. The summed E-state index contributed by atoms with van der Waals surface area (Å²) in [4.78, 5) is 47.5. The molecule has 31 heavy (non-hydrogen) atoms. The molecule has 0 unspecified atom stereocenters. The lowest BCUT2D eigenvalue weighted by Gasteiger charge is -2.34. The predicted molar refractivity (Wildman–Crippen MR) is 123 cm³/mol. The Labute approximate surface area is 186 Å². The third kappa shape index (κ3) is 5.80. The molecule has 0 saturated carbocycles. The van der Waals surface area contributed by atoms with Crippen LogP contribution < -0.4 is 0 Å². The molecule has 170 valence electrons. The zero-order valence-electron chi connectivity index (χ0n) is 19.8. The number of likely N-dealkylation sites (N-methyl/N-ethyl adjacent to an activating group) is 4. The minimum Gasteiger partial charge on any atom is -0.370 e. The number of carbonyl (C=O) groups is 3. The number of hydrogen-bond acceptors (Lipinski definition) is 6. The molecule has 1 aromatic carbocycles. The highest BCUT2D eigenvalue weighted by molar-refractivity contribution is 6.27. The molecule has 0 atom stereocenters. The number of benzene rings is 1. The van der Waals surface area contributed by atoms with E-state index in [0.29, 0.717) is 29.9 Å². The van der Waals surface area contributed by atoms with Gasteiger partial charge in [0.15, 0.2) is 0 Å². The maximum Gasteiger partial charge on any atom is 0.241 e. The monoisotopic (exact) mass is 428 g/mol. The van der Waals surface area contributed by atoms with Gasteiger partial charge in [0.05, 0.1) is 6.54 Å². The molecule has 0 aliphatic heterocycles. The van der Waals surface area contributed by atoms with Crippen LogP contribution in [-0.4, -0.2) is 98.0 Å². The van der Waals surface area contributed by atoms with Crippen molar-refractivity contribution in [2.24, 2.45) is 0 Å². The highest BCUT2D eigenvalue weighted by Gasteiger charge is 2.38. The van der Waals surface area contributed by atoms with Crippen molar-refractivity contribution in [1.82, 2.24) is 19.6 Å². The van der Waals surface area contributed by atoms with E-state index >= 15 is 0 Å². The fourth-order valence-corrected chi connectivity index (χ4v) is 3.69. The van der Waals surface area contributed by atoms with E-state index in [2.05, 4.69) is 11.8 Å². The van der Waals surface area contributed by atoms with Gasteiger partial charge in [0.2, 0.25) is 17.5 Å². The Balaban J connectivity index is 2.45. The van der Waals surface area contributed by atoms with Gasteiger partial charge in [-0.05, 0) is 34.5 Å². The highest BCUT2D eigenvalue weighted by Crippen LogP contribution is 2.30. The first kappa shape index (κ1) is 24.8. The number of allylic oxidation sites excluding steroid dienone is 2. The summed E-state index contributed by atoms with van der Waals surface area (Å²) in [6, 6.07) is 6.87. The van der Waals surface area contributed by atoms with Gasteiger partial charge in [-0.1, -0.05) is 37.6 Å². The molecule has 1 aromatic rings. The van der Waals surface area contributed by atoms with Crippen LogP contribution in [0.5, 0.6) is 0 Å². The Kier molecular flexibility index (Phi) is 8.95. The van der Waals surface area contributed by atoms with Gasteiger partial charge in [-0.2, -0.15) is 0 Å². The number of hydrogen-bond donors (Lipinski definition) is 0. The summed E-state index contributed by atoms with van der Waals surface area (Å²) >= 11 is 0. The second-order valence-corrected chi connectivity index (χ2v) is 8.36. The standard InChI is InChI=1S/C24H36N4O3/c1-7-9-14-27(6)21-22(24(31)19-13-11-10-12-18(19)23(21)30)28(8-2)20(29)17-26(5)16-15-25(3)4/h10-13H,7-9,14-17H2,1-6H3. The van der Waals surface area contributed by atoms with Crippen molar-refractivity contribution in [1.29, 1.82) is 0 Å². The molecule has 0 spiro atoms. The first-order valence-corrected chi connectivity index (χ1v) is 11.0. The molecule has 0 bridgehead atoms. The molecule has 0 heterocycles. The van der Waals surface area contributed by atoms with E-state index in [1.165, 1.54) is 4.90 Å². The molecule has 1 aliphatic rings. The Hall–Kier alpha value is -2.51. The average Bonchev–Trinajstić information content (AvgIpc) is 2.74. The topological polar surface area (TPSA) is 64.2 Å². The second kappa shape index (κ2) is 11.2. The van der Waals surface area contributed by atoms with Crippen molar-refractivity contribution in [2.45, 2.75) is 26.7 Å². The summed E-state index contributed by atoms with van der Waals surface area (Å²) in [5.41, 5.74) is 1.29. The Morgan fingerprint density at radius 3 is 1.94 bits per heavy atom. The molecule has 1 aliphatic carbocycles. The smallest absolute Gasteiger partial charge is 0.241 e. The van der Waals surface area contributed by atoms with Crippen molar-refractivity contribution >= 4 is 17.5 Å². The number of ketones is 2. The van der Waals surface area contributed by atoms with Crippen LogP contribution in [0.2, 0.25) is 0 Å². The van der Waals surface area contributed by atoms with Gasteiger partial charge in [0.25, 0.3) is 0 Å². The number of carbonyl (C=O) groups excluding carboxylic acids is 3. The number of rotatable bonds is 11. The van der Waals surface area contributed by atoms with E-state index in [4.69, 9.17) is 0 Å². The molecule has 7 heteroatoms. The van der Waals surface area contributed by atoms with Crippen LogP contribution in [0.3, 0.4) is 0 Å². The summed E-state index contributed by atoms with van der Waals surface area (Å²) in [6.07, 6.45) is 1.86. The van der Waals surface area contributed by atoms with E-state index in [1.807, 2.05) is 44.9 Å². The van der Waals surface area contributed by atoms with Crippen molar-refractivity contribution in [2.75, 3.05) is 60.9 Å². The van der Waals surface area contributed by atoms with Crippen LogP contribution in [0.4, 0.5) is 0 Å². The van der Waals surface area contributed by atoms with Gasteiger partial charge < -0.3 is 14.7 Å². The fourth-order valence-electron chi connectivity index (χ4n) is 3.69. The van der Waals surface area contributed by atoms with Crippen LogP contribution in [0.1, 0.15) is 47.4 Å². The zero-order valence-corrected chi connectivity index (χ0v) is 19.8. The zero-order chi connectivity index (χ0) is 23.1. The van der Waals surface area contributed by atoms with Crippen LogP contribution in [0.25, 0.3) is 0 Å². The quantitative estimate of drug-likeness (QED) is 0.539. The van der Waals surface area contributed by atoms with Crippen LogP contribution in [-0.2, 0) is 4.79 Å². The number of fused-ring (bicyclic) bond motifs is 1. The Bertz CT molecular complexity index is 847. The van der Waals surface area contributed by atoms with Gasteiger partial charge in [0, 0.05) is 44.4 Å². The maximum atomic E-state index is 13.5. The molecule has 0 aromatic heterocycles. The lowest BCUT2D eigenvalue weighted by molar-refractivity contribution is -0.130. The Morgan fingerprint density at radius 2 is 1.42 bits per heavy atom. The molecule has 0 saturated heterocycles. The molecule has 0 radical (unpaired) electrons. The molecule has 7 nitrogen and oxygen atoms in total. The van der Waals surface area contributed by atoms with Crippen LogP contribution in [0, 0.1) is 0 Å². The van der Waals surface area contributed by atoms with E-state index in [-0.39, 0.29) is 29.7 Å². The van der Waals surface area contributed by atoms with E-state index < -0.39 is 0 Å². The summed E-state index contributed by atoms with van der Waals surface area (Å²) < 4.78 is 0. The molecule has 0 fully saturated rings. The molecular formula is C24H36N4O3. The first-order chi connectivity index (χ1) is 14.7. The highest BCUT2D eigenvalue weighted by atomic mass is 16.2. The third-order valence-electron chi connectivity index (χ3n) is 5.52. The number of unbranched alkanes of at least 4 members (excludes halogenated alkanes) is 1. The first-order valence-electron chi connectivity index (χ1n) is 11.0. The minimum atomic E-state index is -0.264. The van der Waals surface area contributed by atoms with Gasteiger partial charge in [-0.15, -0.1) is 0 Å². The number of amides is 1. The van der Waals surface area contributed by atoms with Crippen molar-refractivity contribution < 1.29 is 14.4 Å². The summed E-state index contributed by atoms with van der Waals surface area (Å²) in [7, 11) is 7.69. The van der Waals surface area contributed by atoms with Gasteiger partial charge in [-0.25, -0.2) is 0 Å². The lowest BCUT2D eigenvalue weighted by atomic mass is 9.89. The summed E-state index contributed by atoms with van der Waals surface area (Å²) in [6.45, 7) is 6.63. The van der Waals surface area contributed by atoms with Crippen molar-refractivity contribution in [3.63, 3.8) is 0 Å². The predicted octanol–water partition coefficient (Wildman–Crippen LogP) is 2.35. The Morgan fingerprint density at radius 1 is 0.839 bits per heavy atom. The van der Waals surface area contributed by atoms with Gasteiger partial charge in [0.1, 0.15) is 11.4 Å². The van der Waals surface area contributed by atoms with Crippen LogP contribution in [0.15, 0.2) is 35.7 Å².